The van der Waals surface area contributed by atoms with Crippen molar-refractivity contribution in [3.05, 3.63) is 29.8 Å². The molecule has 5 heteroatoms. The lowest BCUT2D eigenvalue weighted by molar-refractivity contribution is -0.141. The van der Waals surface area contributed by atoms with E-state index in [-0.39, 0.29) is 17.9 Å². The van der Waals surface area contributed by atoms with Gasteiger partial charge < -0.3 is 15.2 Å². The van der Waals surface area contributed by atoms with Crippen LogP contribution in [0.5, 0.6) is 5.75 Å². The lowest BCUT2D eigenvalue weighted by Crippen LogP contribution is -2.34. The number of aliphatic carboxylic acids is 1. The second kappa shape index (κ2) is 7.11. The first-order valence-electron chi connectivity index (χ1n) is 7.32. The summed E-state index contributed by atoms with van der Waals surface area (Å²) in [5, 5.41) is 11.9. The molecule has 1 aromatic carbocycles. The maximum absolute atomic E-state index is 12.0. The van der Waals surface area contributed by atoms with Crippen molar-refractivity contribution in [2.75, 3.05) is 6.61 Å². The van der Waals surface area contributed by atoms with Gasteiger partial charge in [-0.05, 0) is 43.9 Å². The Kier molecular flexibility index (Phi) is 5.20. The van der Waals surface area contributed by atoms with E-state index in [1.54, 1.807) is 0 Å². The monoisotopic (exact) mass is 291 g/mol. The number of carbonyl (C=O) groups is 2. The fourth-order valence-electron chi connectivity index (χ4n) is 2.67. The van der Waals surface area contributed by atoms with Gasteiger partial charge in [-0.25, -0.2) is 0 Å². The van der Waals surface area contributed by atoms with E-state index in [9.17, 15) is 9.59 Å². The summed E-state index contributed by atoms with van der Waals surface area (Å²) in [6.07, 6.45) is 2.22. The molecule has 2 rings (SSSR count). The van der Waals surface area contributed by atoms with Crippen molar-refractivity contribution in [3.63, 3.8) is 0 Å². The van der Waals surface area contributed by atoms with Crippen LogP contribution in [0.25, 0.3) is 0 Å². The topological polar surface area (TPSA) is 75.6 Å². The lowest BCUT2D eigenvalue weighted by Gasteiger charge is -2.12. The van der Waals surface area contributed by atoms with Gasteiger partial charge in [-0.3, -0.25) is 9.59 Å². The highest BCUT2D eigenvalue weighted by molar-refractivity contribution is 5.79. The Morgan fingerprint density at radius 3 is 2.57 bits per heavy atom. The summed E-state index contributed by atoms with van der Waals surface area (Å²) < 4.78 is 5.35. The molecule has 1 amide bonds. The van der Waals surface area contributed by atoms with Crippen LogP contribution in [0, 0.1) is 5.92 Å². The minimum absolute atomic E-state index is 0.0127. The number of ether oxygens (including phenoxy) is 1. The highest BCUT2D eigenvalue weighted by atomic mass is 16.5. The molecule has 0 spiro atoms. The molecule has 0 bridgehead atoms. The molecule has 0 unspecified atom stereocenters. The number of benzene rings is 1. The smallest absolute Gasteiger partial charge is 0.306 e. The van der Waals surface area contributed by atoms with Gasteiger partial charge in [0.15, 0.2) is 0 Å². The molecule has 1 aliphatic carbocycles. The van der Waals surface area contributed by atoms with Gasteiger partial charge in [0.25, 0.3) is 0 Å². The van der Waals surface area contributed by atoms with E-state index in [4.69, 9.17) is 9.84 Å². The third kappa shape index (κ3) is 4.48. The number of carboxylic acids is 1. The normalized spacial score (nSPS) is 21.0. The van der Waals surface area contributed by atoms with Crippen molar-refractivity contribution in [3.8, 4) is 5.75 Å². The van der Waals surface area contributed by atoms with Crippen LogP contribution in [0.4, 0.5) is 0 Å². The van der Waals surface area contributed by atoms with Gasteiger partial charge >= 0.3 is 5.97 Å². The second-order valence-electron chi connectivity index (χ2n) is 5.37. The van der Waals surface area contributed by atoms with E-state index in [0.29, 0.717) is 25.9 Å². The zero-order chi connectivity index (χ0) is 15.2. The maximum Gasteiger partial charge on any atom is 0.306 e. The first-order chi connectivity index (χ1) is 10.1. The molecule has 1 saturated carbocycles. The molecular weight excluding hydrogens is 270 g/mol. The summed E-state index contributed by atoms with van der Waals surface area (Å²) in [5.74, 6) is -0.351. The van der Waals surface area contributed by atoms with Crippen LogP contribution < -0.4 is 10.1 Å². The summed E-state index contributed by atoms with van der Waals surface area (Å²) in [7, 11) is 0. The first kappa shape index (κ1) is 15.4. The quantitative estimate of drug-likeness (QED) is 0.840. The first-order valence-corrected chi connectivity index (χ1v) is 7.32. The number of hydrogen-bond acceptors (Lipinski definition) is 3. The Hall–Kier alpha value is -2.04. The van der Waals surface area contributed by atoms with Crippen LogP contribution in [0.1, 0.15) is 31.7 Å². The molecular formula is C16H21NO4. The molecule has 2 atom stereocenters. The third-order valence-corrected chi connectivity index (χ3v) is 3.75. The van der Waals surface area contributed by atoms with Gasteiger partial charge in [-0.15, -0.1) is 0 Å². The van der Waals surface area contributed by atoms with E-state index >= 15 is 0 Å². The summed E-state index contributed by atoms with van der Waals surface area (Å²) >= 11 is 0. The van der Waals surface area contributed by atoms with Gasteiger partial charge in [-0.1, -0.05) is 12.1 Å². The van der Waals surface area contributed by atoms with Gasteiger partial charge in [0.05, 0.1) is 18.9 Å². The summed E-state index contributed by atoms with van der Waals surface area (Å²) in [6.45, 7) is 2.54. The molecule has 0 radical (unpaired) electrons. The summed E-state index contributed by atoms with van der Waals surface area (Å²) in [6, 6.07) is 7.43. The third-order valence-electron chi connectivity index (χ3n) is 3.75. The van der Waals surface area contributed by atoms with Crippen LogP contribution >= 0.6 is 0 Å². The van der Waals surface area contributed by atoms with Gasteiger partial charge in [0.1, 0.15) is 5.75 Å². The fourth-order valence-corrected chi connectivity index (χ4v) is 2.67. The van der Waals surface area contributed by atoms with Crippen molar-refractivity contribution in [1.82, 2.24) is 5.32 Å². The van der Waals surface area contributed by atoms with Crippen LogP contribution in [0.2, 0.25) is 0 Å². The van der Waals surface area contributed by atoms with E-state index in [2.05, 4.69) is 5.32 Å². The molecule has 5 nitrogen and oxygen atoms in total. The van der Waals surface area contributed by atoms with Crippen molar-refractivity contribution < 1.29 is 19.4 Å². The Morgan fingerprint density at radius 1 is 1.29 bits per heavy atom. The Labute approximate surface area is 124 Å². The predicted octanol–water partition coefficient (Wildman–Crippen LogP) is 2.00. The second-order valence-corrected chi connectivity index (χ2v) is 5.37. The highest BCUT2D eigenvalue weighted by Gasteiger charge is 2.30. The van der Waals surface area contributed by atoms with Gasteiger partial charge in [-0.2, -0.15) is 0 Å². The van der Waals surface area contributed by atoms with Crippen LogP contribution in [0.3, 0.4) is 0 Å². The standard InChI is InChI=1S/C16H21NO4/c1-2-21-14-7-3-11(4-8-14)9-15(18)17-13-6-5-12(10-13)16(19)20/h3-4,7-8,12-13H,2,5-6,9-10H2,1H3,(H,17,18)(H,19,20)/t12-,13+/m1/s1. The number of carboxylic acid groups (broad SMARTS) is 1. The average Bonchev–Trinajstić information content (AvgIpc) is 2.90. The van der Waals surface area contributed by atoms with Gasteiger partial charge in [0.2, 0.25) is 5.91 Å². The van der Waals surface area contributed by atoms with E-state index in [1.807, 2.05) is 31.2 Å². The van der Waals surface area contributed by atoms with Crippen LogP contribution in [-0.2, 0) is 16.0 Å². The van der Waals surface area contributed by atoms with Gasteiger partial charge in [0, 0.05) is 6.04 Å². The maximum atomic E-state index is 12.0. The van der Waals surface area contributed by atoms with E-state index in [1.165, 1.54) is 0 Å². The number of hydrogen-bond donors (Lipinski definition) is 2. The lowest BCUT2D eigenvalue weighted by atomic mass is 10.1. The van der Waals surface area contributed by atoms with Crippen molar-refractivity contribution >= 4 is 11.9 Å². The summed E-state index contributed by atoms with van der Waals surface area (Å²) in [5.41, 5.74) is 0.920. The Bertz CT molecular complexity index is 498. The minimum atomic E-state index is -0.765. The number of rotatable bonds is 6. The van der Waals surface area contributed by atoms with Crippen LogP contribution in [-0.4, -0.2) is 29.6 Å². The van der Waals surface area contributed by atoms with Crippen LogP contribution in [0.15, 0.2) is 24.3 Å². The molecule has 114 valence electrons. The number of nitrogens with one attached hydrogen (secondary N) is 1. The molecule has 1 aromatic rings. The molecule has 21 heavy (non-hydrogen) atoms. The molecule has 1 fully saturated rings. The SMILES string of the molecule is CCOc1ccc(CC(=O)N[C@H]2CC[C@@H](C(=O)O)C2)cc1. The largest absolute Gasteiger partial charge is 0.494 e. The highest BCUT2D eigenvalue weighted by Crippen LogP contribution is 2.25. The zero-order valence-electron chi connectivity index (χ0n) is 12.2. The average molecular weight is 291 g/mol. The fraction of sp³-hybridized carbons (Fsp3) is 0.500. The Morgan fingerprint density at radius 2 is 2.00 bits per heavy atom. The van der Waals surface area contributed by atoms with Crippen molar-refractivity contribution in [1.29, 1.82) is 0 Å². The zero-order valence-corrected chi connectivity index (χ0v) is 12.2. The van der Waals surface area contributed by atoms with Crippen molar-refractivity contribution in [2.24, 2.45) is 5.92 Å². The van der Waals surface area contributed by atoms with Crippen molar-refractivity contribution in [2.45, 2.75) is 38.6 Å². The molecule has 0 aliphatic heterocycles. The number of carbonyl (C=O) groups excluding carboxylic acids is 1. The molecule has 0 aromatic heterocycles. The Balaban J connectivity index is 1.80. The van der Waals surface area contributed by atoms with E-state index < -0.39 is 5.97 Å². The molecule has 0 heterocycles. The van der Waals surface area contributed by atoms with E-state index in [0.717, 1.165) is 17.7 Å². The molecule has 1 aliphatic rings. The predicted molar refractivity (Wildman–Crippen MR) is 78.2 cm³/mol. The minimum Gasteiger partial charge on any atom is -0.494 e. The summed E-state index contributed by atoms with van der Waals surface area (Å²) in [4.78, 5) is 22.9. The molecule has 0 saturated heterocycles. The molecule has 2 N–H and O–H groups in total. The number of amides is 1.